The highest BCUT2D eigenvalue weighted by molar-refractivity contribution is 8.02. The van der Waals surface area contributed by atoms with Gasteiger partial charge in [0.15, 0.2) is 0 Å². The topological polar surface area (TPSA) is 37.3 Å². The number of carboxylic acids is 1. The van der Waals surface area contributed by atoms with Crippen molar-refractivity contribution in [2.75, 3.05) is 0 Å². The molecule has 1 heterocycles. The van der Waals surface area contributed by atoms with Crippen LogP contribution in [0.25, 0.3) is 6.08 Å². The lowest BCUT2D eigenvalue weighted by molar-refractivity contribution is 0.0693. The van der Waals surface area contributed by atoms with E-state index in [1.54, 1.807) is 34.9 Å². The van der Waals surface area contributed by atoms with Gasteiger partial charge in [0.1, 0.15) is 0 Å². The number of rotatable bonds is 4. The van der Waals surface area contributed by atoms with E-state index in [-0.39, 0.29) is 0 Å². The van der Waals surface area contributed by atoms with Crippen LogP contribution in [-0.4, -0.2) is 11.1 Å². The molecule has 1 aromatic carbocycles. The van der Waals surface area contributed by atoms with Crippen LogP contribution < -0.4 is 0 Å². The third-order valence-corrected chi connectivity index (χ3v) is 3.82. The van der Waals surface area contributed by atoms with E-state index in [1.807, 2.05) is 29.7 Å². The van der Waals surface area contributed by atoms with Crippen molar-refractivity contribution in [2.45, 2.75) is 4.90 Å². The number of hydrogen-bond acceptors (Lipinski definition) is 3. The summed E-state index contributed by atoms with van der Waals surface area (Å²) < 4.78 is 0. The van der Waals surface area contributed by atoms with Crippen LogP contribution in [0.3, 0.4) is 0 Å². The summed E-state index contributed by atoms with van der Waals surface area (Å²) >= 11 is 2.99. The second kappa shape index (κ2) is 6.26. The summed E-state index contributed by atoms with van der Waals surface area (Å²) in [5, 5.41) is 12.8. The van der Waals surface area contributed by atoms with E-state index in [9.17, 15) is 4.79 Å². The van der Waals surface area contributed by atoms with Crippen molar-refractivity contribution in [3.8, 4) is 0 Å². The maximum atomic E-state index is 11.0. The molecule has 0 atom stereocenters. The summed E-state index contributed by atoms with van der Waals surface area (Å²) in [6.07, 6.45) is 1.88. The molecule has 0 fully saturated rings. The van der Waals surface area contributed by atoms with Gasteiger partial charge in [0, 0.05) is 15.2 Å². The summed E-state index contributed by atoms with van der Waals surface area (Å²) in [5.74, 6) is -0.909. The first-order chi connectivity index (χ1) is 8.77. The zero-order valence-electron chi connectivity index (χ0n) is 9.37. The lowest BCUT2D eigenvalue weighted by Gasteiger charge is -2.00. The summed E-state index contributed by atoms with van der Waals surface area (Å²) in [6.45, 7) is 0. The number of carbonyl (C=O) groups is 1. The van der Waals surface area contributed by atoms with Crippen LogP contribution >= 0.6 is 23.1 Å². The van der Waals surface area contributed by atoms with Crippen LogP contribution in [0.15, 0.2) is 57.8 Å². The van der Waals surface area contributed by atoms with Crippen molar-refractivity contribution in [2.24, 2.45) is 0 Å². The van der Waals surface area contributed by atoms with Crippen molar-refractivity contribution in [1.82, 2.24) is 0 Å². The molecule has 18 heavy (non-hydrogen) atoms. The first-order valence-corrected chi connectivity index (χ1v) is 6.97. The molecule has 0 amide bonds. The van der Waals surface area contributed by atoms with Crippen LogP contribution in [0.2, 0.25) is 0 Å². The fraction of sp³-hybridized carbons (Fsp3) is 0. The molecule has 0 aliphatic rings. The molecule has 0 saturated carbocycles. The standard InChI is InChI=1S/C14H10O2S2/c15-14(16)12-7-1-2-8-13(12)18-10-4-6-11-5-3-9-17-11/h1-3,5-10H,(H,15,16). The number of thioether (sulfide) groups is 1. The molecule has 0 spiro atoms. The van der Waals surface area contributed by atoms with E-state index in [4.69, 9.17) is 5.11 Å². The number of benzene rings is 1. The molecule has 0 saturated heterocycles. The predicted octanol–water partition coefficient (Wildman–Crippen LogP) is 4.36. The van der Waals surface area contributed by atoms with Gasteiger partial charge in [0.05, 0.1) is 5.56 Å². The van der Waals surface area contributed by atoms with Gasteiger partial charge in [-0.1, -0.05) is 30.0 Å². The molecule has 0 bridgehead atoms. The minimum Gasteiger partial charge on any atom is -0.478 e. The summed E-state index contributed by atoms with van der Waals surface area (Å²) in [6, 6.07) is 10.9. The van der Waals surface area contributed by atoms with Gasteiger partial charge >= 0.3 is 5.97 Å². The van der Waals surface area contributed by atoms with Gasteiger partial charge in [-0.25, -0.2) is 4.79 Å². The summed E-state index contributed by atoms with van der Waals surface area (Å²) in [5.41, 5.74) is 3.35. The summed E-state index contributed by atoms with van der Waals surface area (Å²) in [7, 11) is 0. The van der Waals surface area contributed by atoms with Gasteiger partial charge in [0.25, 0.3) is 0 Å². The van der Waals surface area contributed by atoms with Crippen LogP contribution in [0.4, 0.5) is 0 Å². The molecule has 0 aliphatic heterocycles. The predicted molar refractivity (Wildman–Crippen MR) is 76.1 cm³/mol. The Morgan fingerprint density at radius 2 is 2.11 bits per heavy atom. The lowest BCUT2D eigenvalue weighted by Crippen LogP contribution is -1.97. The highest BCUT2D eigenvalue weighted by Crippen LogP contribution is 2.23. The van der Waals surface area contributed by atoms with Crippen LogP contribution in [-0.2, 0) is 0 Å². The van der Waals surface area contributed by atoms with E-state index in [2.05, 4.69) is 5.73 Å². The first-order valence-electron chi connectivity index (χ1n) is 5.21. The molecule has 2 rings (SSSR count). The minimum atomic E-state index is -0.909. The maximum absolute atomic E-state index is 11.0. The molecule has 4 heteroatoms. The largest absolute Gasteiger partial charge is 0.478 e. The molecule has 2 nitrogen and oxygen atoms in total. The van der Waals surface area contributed by atoms with E-state index in [1.165, 1.54) is 11.8 Å². The molecule has 0 unspecified atom stereocenters. The molecule has 0 aliphatic carbocycles. The van der Waals surface area contributed by atoms with Crippen LogP contribution in [0.5, 0.6) is 0 Å². The highest BCUT2D eigenvalue weighted by atomic mass is 32.2. The van der Waals surface area contributed by atoms with Crippen LogP contribution in [0.1, 0.15) is 15.2 Å². The molecule has 1 N–H and O–H groups in total. The SMILES string of the molecule is O=C(O)c1ccccc1SC=C=Cc1cccs1. The fourth-order valence-corrected chi connectivity index (χ4v) is 2.64. The molecular weight excluding hydrogens is 264 g/mol. The number of hydrogen-bond donors (Lipinski definition) is 1. The average molecular weight is 274 g/mol. The Bertz CT molecular complexity index is 594. The Kier molecular flexibility index (Phi) is 4.42. The van der Waals surface area contributed by atoms with Crippen molar-refractivity contribution in [3.05, 3.63) is 63.4 Å². The molecule has 90 valence electrons. The van der Waals surface area contributed by atoms with Crippen molar-refractivity contribution >= 4 is 35.1 Å². The second-order valence-corrected chi connectivity index (χ2v) is 5.25. The number of aromatic carboxylic acids is 1. The van der Waals surface area contributed by atoms with Crippen molar-refractivity contribution in [1.29, 1.82) is 0 Å². The minimum absolute atomic E-state index is 0.316. The smallest absolute Gasteiger partial charge is 0.336 e. The van der Waals surface area contributed by atoms with Gasteiger partial charge in [-0.05, 0) is 29.7 Å². The average Bonchev–Trinajstić information content (AvgIpc) is 2.88. The van der Waals surface area contributed by atoms with Gasteiger partial charge in [-0.2, -0.15) is 0 Å². The summed E-state index contributed by atoms with van der Waals surface area (Å²) in [4.78, 5) is 12.8. The zero-order valence-corrected chi connectivity index (χ0v) is 11.0. The number of carboxylic acid groups (broad SMARTS) is 1. The van der Waals surface area contributed by atoms with E-state index in [0.717, 1.165) is 9.77 Å². The monoisotopic (exact) mass is 274 g/mol. The Morgan fingerprint density at radius 3 is 2.83 bits per heavy atom. The van der Waals surface area contributed by atoms with E-state index in [0.29, 0.717) is 5.56 Å². The quantitative estimate of drug-likeness (QED) is 0.664. The zero-order chi connectivity index (χ0) is 12.8. The molecule has 1 aromatic heterocycles. The third-order valence-electron chi connectivity index (χ3n) is 2.14. The Balaban J connectivity index is 2.11. The van der Waals surface area contributed by atoms with Gasteiger partial charge in [-0.15, -0.1) is 17.1 Å². The van der Waals surface area contributed by atoms with Crippen molar-refractivity contribution < 1.29 is 9.90 Å². The maximum Gasteiger partial charge on any atom is 0.336 e. The van der Waals surface area contributed by atoms with Crippen molar-refractivity contribution in [3.63, 3.8) is 0 Å². The highest BCUT2D eigenvalue weighted by Gasteiger charge is 2.07. The van der Waals surface area contributed by atoms with Gasteiger partial charge < -0.3 is 5.11 Å². The van der Waals surface area contributed by atoms with Crippen LogP contribution in [0, 0.1) is 0 Å². The van der Waals surface area contributed by atoms with E-state index < -0.39 is 5.97 Å². The third kappa shape index (κ3) is 3.37. The second-order valence-electron chi connectivity index (χ2n) is 3.36. The molecule has 0 radical (unpaired) electrons. The Labute approximate surface area is 113 Å². The molecular formula is C14H10O2S2. The molecule has 2 aromatic rings. The normalized spacial score (nSPS) is 9.56. The lowest BCUT2D eigenvalue weighted by atomic mass is 10.2. The number of thiophene rings is 1. The van der Waals surface area contributed by atoms with Gasteiger partial charge in [-0.3, -0.25) is 0 Å². The Morgan fingerprint density at radius 1 is 1.28 bits per heavy atom. The Hall–Kier alpha value is -1.74. The van der Waals surface area contributed by atoms with Gasteiger partial charge in [0.2, 0.25) is 0 Å². The van der Waals surface area contributed by atoms with E-state index >= 15 is 0 Å². The fourth-order valence-electron chi connectivity index (χ4n) is 1.33. The first kappa shape index (κ1) is 12.7.